The second-order valence-electron chi connectivity index (χ2n) is 8.77. The Hall–Kier alpha value is -4.75. The number of hydrogen-bond donors (Lipinski definition) is 2. The molecule has 2 amide bonds. The van der Waals surface area contributed by atoms with Gasteiger partial charge in [0.2, 0.25) is 0 Å². The summed E-state index contributed by atoms with van der Waals surface area (Å²) in [5.74, 6) is -0.795. The first-order valence-electron chi connectivity index (χ1n) is 12.4. The molecular formula is C32H25BrN4O2. The molecule has 5 rings (SSSR count). The highest BCUT2D eigenvalue weighted by Gasteiger charge is 2.18. The van der Waals surface area contributed by atoms with Crippen molar-refractivity contribution in [1.29, 1.82) is 0 Å². The summed E-state index contributed by atoms with van der Waals surface area (Å²) in [5, 5.41) is 10.6. The number of amides is 2. The van der Waals surface area contributed by atoms with Gasteiger partial charge in [-0.25, -0.2) is 4.68 Å². The van der Waals surface area contributed by atoms with Gasteiger partial charge >= 0.3 is 0 Å². The van der Waals surface area contributed by atoms with Gasteiger partial charge in [0.15, 0.2) is 0 Å². The fourth-order valence-corrected chi connectivity index (χ4v) is 4.27. The normalized spacial score (nSPS) is 11.2. The first-order valence-corrected chi connectivity index (χ1v) is 13.2. The number of hydrogen-bond acceptors (Lipinski definition) is 3. The van der Waals surface area contributed by atoms with Crippen LogP contribution in [0.5, 0.6) is 0 Å². The summed E-state index contributed by atoms with van der Waals surface area (Å²) in [6.07, 6.45) is 3.53. The molecular weight excluding hydrogens is 552 g/mol. The van der Waals surface area contributed by atoms with Gasteiger partial charge in [0.05, 0.1) is 5.69 Å². The Balaban J connectivity index is 1.54. The van der Waals surface area contributed by atoms with Crippen molar-refractivity contribution in [3.05, 3.63) is 148 Å². The molecule has 192 valence electrons. The zero-order valence-electron chi connectivity index (χ0n) is 20.9. The maximum Gasteiger partial charge on any atom is 0.268 e. The summed E-state index contributed by atoms with van der Waals surface area (Å²) in [5.41, 5.74) is 4.64. The molecule has 1 aromatic heterocycles. The van der Waals surface area contributed by atoms with Crippen molar-refractivity contribution >= 4 is 33.8 Å². The molecule has 4 aromatic carbocycles. The largest absolute Gasteiger partial charge is 0.347 e. The van der Waals surface area contributed by atoms with Crippen LogP contribution in [0.4, 0.5) is 0 Å². The molecule has 0 bridgehead atoms. The van der Waals surface area contributed by atoms with Crippen molar-refractivity contribution in [2.75, 3.05) is 0 Å². The number of carbonyl (C=O) groups excluding carboxylic acids is 2. The van der Waals surface area contributed by atoms with Gasteiger partial charge in [0, 0.05) is 33.9 Å². The highest BCUT2D eigenvalue weighted by atomic mass is 79.9. The molecule has 0 aliphatic heterocycles. The van der Waals surface area contributed by atoms with Crippen LogP contribution in [0.2, 0.25) is 0 Å². The number of rotatable bonds is 8. The van der Waals surface area contributed by atoms with Crippen LogP contribution in [-0.2, 0) is 11.3 Å². The third-order valence-corrected chi connectivity index (χ3v) is 6.53. The summed E-state index contributed by atoms with van der Waals surface area (Å²) in [4.78, 5) is 26.6. The SMILES string of the molecule is O=C(NCc1ccccc1)C(=Cc1cn(-c2ccccc2)nc1-c1ccccc1)NC(=O)c1ccc(Br)cc1. The van der Waals surface area contributed by atoms with Gasteiger partial charge in [-0.2, -0.15) is 5.10 Å². The molecule has 0 atom stereocenters. The maximum absolute atomic E-state index is 13.4. The third-order valence-electron chi connectivity index (χ3n) is 6.01. The average Bonchev–Trinajstić information content (AvgIpc) is 3.41. The van der Waals surface area contributed by atoms with Crippen LogP contribution in [0.25, 0.3) is 23.0 Å². The average molecular weight is 577 g/mol. The lowest BCUT2D eigenvalue weighted by atomic mass is 10.1. The molecule has 0 saturated heterocycles. The van der Waals surface area contributed by atoms with Crippen LogP contribution >= 0.6 is 15.9 Å². The summed E-state index contributed by atoms with van der Waals surface area (Å²) >= 11 is 3.39. The number of benzene rings is 4. The number of aromatic nitrogens is 2. The molecule has 5 aromatic rings. The van der Waals surface area contributed by atoms with E-state index in [-0.39, 0.29) is 11.6 Å². The minimum absolute atomic E-state index is 0.114. The van der Waals surface area contributed by atoms with E-state index in [1.54, 1.807) is 35.0 Å². The number of nitrogens with one attached hydrogen (secondary N) is 2. The number of carbonyl (C=O) groups is 2. The van der Waals surface area contributed by atoms with Gasteiger partial charge in [-0.3, -0.25) is 9.59 Å². The number of halogens is 1. The van der Waals surface area contributed by atoms with Crippen LogP contribution in [0, 0.1) is 0 Å². The second kappa shape index (κ2) is 12.2. The van der Waals surface area contributed by atoms with Gasteiger partial charge in [0.1, 0.15) is 11.4 Å². The van der Waals surface area contributed by atoms with E-state index in [2.05, 4.69) is 26.6 Å². The first-order chi connectivity index (χ1) is 19.1. The van der Waals surface area contributed by atoms with Gasteiger partial charge in [0.25, 0.3) is 11.8 Å². The van der Waals surface area contributed by atoms with Crippen molar-refractivity contribution in [3.8, 4) is 16.9 Å². The summed E-state index contributed by atoms with van der Waals surface area (Å²) in [6, 6.07) is 36.0. The standard InChI is InChI=1S/C32H25BrN4O2/c33-27-18-16-25(17-19-27)31(38)35-29(32(39)34-21-23-10-4-1-5-11-23)20-26-22-37(28-14-8-3-9-15-28)36-30(26)24-12-6-2-7-13-24/h1-20,22H,21H2,(H,34,39)(H,35,38). The van der Waals surface area contributed by atoms with Crippen molar-refractivity contribution < 1.29 is 9.59 Å². The molecule has 0 unspecified atom stereocenters. The monoisotopic (exact) mass is 576 g/mol. The Bertz CT molecular complexity index is 1600. The Morgan fingerprint density at radius 2 is 1.41 bits per heavy atom. The third kappa shape index (κ3) is 6.58. The Kier molecular flexibility index (Phi) is 8.09. The Morgan fingerprint density at radius 3 is 2.08 bits per heavy atom. The predicted octanol–water partition coefficient (Wildman–Crippen LogP) is 6.39. The minimum atomic E-state index is -0.407. The lowest BCUT2D eigenvalue weighted by Gasteiger charge is -2.12. The quantitative estimate of drug-likeness (QED) is 0.210. The van der Waals surface area contributed by atoms with E-state index in [0.717, 1.165) is 21.3 Å². The van der Waals surface area contributed by atoms with Crippen molar-refractivity contribution in [1.82, 2.24) is 20.4 Å². The Labute approximate surface area is 235 Å². The molecule has 0 aliphatic carbocycles. The molecule has 0 fully saturated rings. The van der Waals surface area contributed by atoms with Crippen LogP contribution in [0.15, 0.2) is 132 Å². The second-order valence-corrected chi connectivity index (χ2v) is 9.68. The van der Waals surface area contributed by atoms with E-state index in [1.807, 2.05) is 97.2 Å². The van der Waals surface area contributed by atoms with Gasteiger partial charge in [-0.1, -0.05) is 94.8 Å². The highest BCUT2D eigenvalue weighted by molar-refractivity contribution is 9.10. The number of nitrogens with zero attached hydrogens (tertiary/aromatic N) is 2. The molecule has 0 saturated carbocycles. The molecule has 2 N–H and O–H groups in total. The first kappa shape index (κ1) is 25.9. The summed E-state index contributed by atoms with van der Waals surface area (Å²) in [7, 11) is 0. The van der Waals surface area contributed by atoms with Gasteiger partial charge < -0.3 is 10.6 Å². The summed E-state index contributed by atoms with van der Waals surface area (Å²) in [6.45, 7) is 0.319. The zero-order chi connectivity index (χ0) is 27.0. The van der Waals surface area contributed by atoms with E-state index in [1.165, 1.54) is 0 Å². The molecule has 7 heteroatoms. The smallest absolute Gasteiger partial charge is 0.268 e. The Morgan fingerprint density at radius 1 is 0.795 bits per heavy atom. The maximum atomic E-state index is 13.4. The molecule has 6 nitrogen and oxygen atoms in total. The van der Waals surface area contributed by atoms with Crippen LogP contribution < -0.4 is 10.6 Å². The molecule has 0 aliphatic rings. The van der Waals surface area contributed by atoms with Gasteiger partial charge in [-0.15, -0.1) is 0 Å². The van der Waals surface area contributed by atoms with Gasteiger partial charge in [-0.05, 0) is 48.0 Å². The van der Waals surface area contributed by atoms with E-state index in [9.17, 15) is 9.59 Å². The summed E-state index contributed by atoms with van der Waals surface area (Å²) < 4.78 is 2.63. The molecule has 0 spiro atoms. The van der Waals surface area contributed by atoms with E-state index in [0.29, 0.717) is 23.4 Å². The highest BCUT2D eigenvalue weighted by Crippen LogP contribution is 2.25. The minimum Gasteiger partial charge on any atom is -0.347 e. The fraction of sp³-hybridized carbons (Fsp3) is 0.0312. The van der Waals surface area contributed by atoms with E-state index in [4.69, 9.17) is 5.10 Å². The van der Waals surface area contributed by atoms with Crippen LogP contribution in [-0.4, -0.2) is 21.6 Å². The topological polar surface area (TPSA) is 76.0 Å². The molecule has 1 heterocycles. The van der Waals surface area contributed by atoms with E-state index < -0.39 is 5.91 Å². The van der Waals surface area contributed by atoms with E-state index >= 15 is 0 Å². The molecule has 0 radical (unpaired) electrons. The van der Waals surface area contributed by atoms with Crippen LogP contribution in [0.3, 0.4) is 0 Å². The molecule has 39 heavy (non-hydrogen) atoms. The van der Waals surface area contributed by atoms with Crippen molar-refractivity contribution in [2.24, 2.45) is 0 Å². The van der Waals surface area contributed by atoms with Crippen molar-refractivity contribution in [2.45, 2.75) is 6.54 Å². The predicted molar refractivity (Wildman–Crippen MR) is 157 cm³/mol. The number of para-hydroxylation sites is 1. The lowest BCUT2D eigenvalue weighted by molar-refractivity contribution is -0.117. The lowest BCUT2D eigenvalue weighted by Crippen LogP contribution is -2.34. The zero-order valence-corrected chi connectivity index (χ0v) is 22.5. The fourth-order valence-electron chi connectivity index (χ4n) is 4.01. The van der Waals surface area contributed by atoms with Crippen LogP contribution in [0.1, 0.15) is 21.5 Å². The van der Waals surface area contributed by atoms with Crippen molar-refractivity contribution in [3.63, 3.8) is 0 Å².